The summed E-state index contributed by atoms with van der Waals surface area (Å²) in [7, 11) is 1.65. The van der Waals surface area contributed by atoms with E-state index in [2.05, 4.69) is 11.4 Å². The van der Waals surface area contributed by atoms with Gasteiger partial charge < -0.3 is 4.74 Å². The molecule has 1 amide bonds. The highest BCUT2D eigenvalue weighted by Crippen LogP contribution is 2.39. The summed E-state index contributed by atoms with van der Waals surface area (Å²) >= 11 is 1.63. The molecular formula is C26H24N4O2S. The van der Waals surface area contributed by atoms with Crippen molar-refractivity contribution in [3.63, 3.8) is 0 Å². The van der Waals surface area contributed by atoms with Crippen molar-refractivity contribution < 1.29 is 9.53 Å². The Morgan fingerprint density at radius 3 is 2.70 bits per heavy atom. The van der Waals surface area contributed by atoms with Crippen LogP contribution < -0.4 is 4.74 Å². The maximum atomic E-state index is 12.9. The van der Waals surface area contributed by atoms with Crippen molar-refractivity contribution in [1.29, 1.82) is 0 Å². The molecule has 1 atom stereocenters. The van der Waals surface area contributed by atoms with Crippen LogP contribution in [0.3, 0.4) is 0 Å². The van der Waals surface area contributed by atoms with Gasteiger partial charge in [-0.1, -0.05) is 37.3 Å². The minimum absolute atomic E-state index is 0.00529. The molecule has 0 spiro atoms. The first kappa shape index (κ1) is 21.2. The number of rotatable bonds is 6. The van der Waals surface area contributed by atoms with E-state index in [1.54, 1.807) is 23.5 Å². The molecule has 0 aliphatic carbocycles. The lowest BCUT2D eigenvalue weighted by atomic mass is 9.97. The highest BCUT2D eigenvalue weighted by atomic mass is 32.1. The average molecular weight is 457 g/mol. The zero-order chi connectivity index (χ0) is 22.8. The Bertz CT molecular complexity index is 1300. The summed E-state index contributed by atoms with van der Waals surface area (Å²) in [4.78, 5) is 12.9. The van der Waals surface area contributed by atoms with Gasteiger partial charge in [-0.15, -0.1) is 0 Å². The molecule has 0 saturated carbocycles. The van der Waals surface area contributed by atoms with Gasteiger partial charge in [-0.3, -0.25) is 4.79 Å². The Morgan fingerprint density at radius 2 is 1.97 bits per heavy atom. The van der Waals surface area contributed by atoms with E-state index in [0.717, 1.165) is 39.5 Å². The Balaban J connectivity index is 1.64. The highest BCUT2D eigenvalue weighted by molar-refractivity contribution is 7.08. The van der Waals surface area contributed by atoms with E-state index >= 15 is 0 Å². The van der Waals surface area contributed by atoms with Crippen LogP contribution in [0.5, 0.6) is 5.75 Å². The summed E-state index contributed by atoms with van der Waals surface area (Å²) in [6, 6.07) is 19.7. The van der Waals surface area contributed by atoms with Crippen LogP contribution in [0, 0.1) is 0 Å². The van der Waals surface area contributed by atoms with Crippen LogP contribution in [0.25, 0.3) is 16.9 Å². The number of hydrogen-bond donors (Lipinski definition) is 0. The number of hydrogen-bond acceptors (Lipinski definition) is 5. The van der Waals surface area contributed by atoms with Crippen molar-refractivity contribution in [1.82, 2.24) is 14.8 Å². The van der Waals surface area contributed by atoms with Crippen LogP contribution in [0.4, 0.5) is 0 Å². The molecule has 3 heterocycles. The average Bonchev–Trinajstić information content (AvgIpc) is 3.63. The fourth-order valence-corrected chi connectivity index (χ4v) is 4.75. The van der Waals surface area contributed by atoms with Gasteiger partial charge in [0.2, 0.25) is 5.91 Å². The third-order valence-corrected chi connectivity index (χ3v) is 6.47. The van der Waals surface area contributed by atoms with Crippen molar-refractivity contribution in [3.05, 3.63) is 88.7 Å². The molecule has 1 aliphatic rings. The van der Waals surface area contributed by atoms with Crippen LogP contribution in [-0.2, 0) is 4.79 Å². The topological polar surface area (TPSA) is 59.7 Å². The smallest absolute Gasteiger partial charge is 0.242 e. The zero-order valence-electron chi connectivity index (χ0n) is 18.5. The van der Waals surface area contributed by atoms with Gasteiger partial charge >= 0.3 is 0 Å². The van der Waals surface area contributed by atoms with Crippen LogP contribution in [-0.4, -0.2) is 33.5 Å². The summed E-state index contributed by atoms with van der Waals surface area (Å²) in [5.41, 5.74) is 5.66. The fraction of sp³-hybridized carbons (Fsp3) is 0.192. The second kappa shape index (κ2) is 9.03. The third-order valence-electron chi connectivity index (χ3n) is 5.79. The van der Waals surface area contributed by atoms with E-state index in [1.165, 1.54) is 0 Å². The normalized spacial score (nSPS) is 15.5. The maximum absolute atomic E-state index is 12.9. The summed E-state index contributed by atoms with van der Waals surface area (Å²) in [6.45, 7) is 1.87. The number of nitrogens with zero attached hydrogens (tertiary/aromatic N) is 4. The van der Waals surface area contributed by atoms with Crippen molar-refractivity contribution in [2.75, 3.05) is 7.11 Å². The quantitative estimate of drug-likeness (QED) is 0.374. The van der Waals surface area contributed by atoms with Gasteiger partial charge in [0.05, 0.1) is 30.2 Å². The molecule has 2 aromatic heterocycles. The van der Waals surface area contributed by atoms with E-state index in [0.29, 0.717) is 12.8 Å². The molecular weight excluding hydrogens is 432 g/mol. The molecule has 0 N–H and O–H groups in total. The summed E-state index contributed by atoms with van der Waals surface area (Å²) < 4.78 is 7.33. The number of ether oxygens (including phenoxy) is 1. The lowest BCUT2D eigenvalue weighted by Crippen LogP contribution is -2.26. The van der Waals surface area contributed by atoms with Gasteiger partial charge in [-0.2, -0.15) is 21.5 Å². The van der Waals surface area contributed by atoms with Gasteiger partial charge in [0, 0.05) is 35.7 Å². The molecule has 7 heteroatoms. The summed E-state index contributed by atoms with van der Waals surface area (Å²) in [6.07, 6.45) is 3.05. The molecule has 4 aromatic rings. The molecule has 0 unspecified atom stereocenters. The number of benzene rings is 2. The van der Waals surface area contributed by atoms with Gasteiger partial charge in [0.15, 0.2) is 0 Å². The monoisotopic (exact) mass is 456 g/mol. The van der Waals surface area contributed by atoms with Crippen LogP contribution in [0.15, 0.2) is 82.7 Å². The first-order valence-corrected chi connectivity index (χ1v) is 11.8. The Kier molecular flexibility index (Phi) is 5.79. The Hall–Kier alpha value is -3.71. The molecule has 0 radical (unpaired) electrons. The number of methoxy groups -OCH3 is 1. The van der Waals surface area contributed by atoms with Crippen molar-refractivity contribution >= 4 is 23.0 Å². The van der Waals surface area contributed by atoms with Gasteiger partial charge in [-0.05, 0) is 41.1 Å². The number of para-hydroxylation sites is 1. The molecule has 5 rings (SSSR count). The van der Waals surface area contributed by atoms with Crippen LogP contribution in [0.2, 0.25) is 0 Å². The molecule has 166 valence electrons. The van der Waals surface area contributed by atoms with Gasteiger partial charge in [0.25, 0.3) is 0 Å². The summed E-state index contributed by atoms with van der Waals surface area (Å²) in [5.74, 6) is 0.755. The number of carbonyl (C=O) groups excluding carboxylic acids is 1. The molecule has 33 heavy (non-hydrogen) atoms. The highest BCUT2D eigenvalue weighted by Gasteiger charge is 2.35. The minimum atomic E-state index is -0.231. The first-order valence-electron chi connectivity index (χ1n) is 10.9. The van der Waals surface area contributed by atoms with E-state index in [9.17, 15) is 4.79 Å². The Labute approximate surface area is 196 Å². The van der Waals surface area contributed by atoms with Crippen LogP contribution in [0.1, 0.15) is 36.9 Å². The van der Waals surface area contributed by atoms with Crippen molar-refractivity contribution in [2.45, 2.75) is 25.8 Å². The molecule has 2 aromatic carbocycles. The van der Waals surface area contributed by atoms with Crippen molar-refractivity contribution in [3.8, 4) is 22.7 Å². The largest absolute Gasteiger partial charge is 0.497 e. The van der Waals surface area contributed by atoms with E-state index in [1.807, 2.05) is 77.8 Å². The summed E-state index contributed by atoms with van der Waals surface area (Å²) in [5, 5.41) is 15.5. The Morgan fingerprint density at radius 1 is 1.12 bits per heavy atom. The van der Waals surface area contributed by atoms with E-state index < -0.39 is 0 Å². The standard InChI is InChI=1S/C26H24N4O2S/c1-3-25(31)30-24(15-23(27-30)19-12-13-33-17-19)22-16-29(20-9-5-4-6-10-20)28-26(22)18-8-7-11-21(14-18)32-2/h4-14,16-17,24H,3,15H2,1-2H3/t24-/m0/s1. The molecule has 0 bridgehead atoms. The number of carbonyl (C=O) groups is 1. The maximum Gasteiger partial charge on any atom is 0.242 e. The zero-order valence-corrected chi connectivity index (χ0v) is 19.3. The van der Waals surface area contributed by atoms with Crippen LogP contribution >= 0.6 is 11.3 Å². The number of amides is 1. The number of aromatic nitrogens is 2. The van der Waals surface area contributed by atoms with E-state index in [-0.39, 0.29) is 11.9 Å². The fourth-order valence-electron chi connectivity index (χ4n) is 4.09. The molecule has 6 nitrogen and oxygen atoms in total. The third kappa shape index (κ3) is 4.07. The predicted molar refractivity (Wildman–Crippen MR) is 131 cm³/mol. The molecule has 0 saturated heterocycles. The number of hydrazone groups is 1. The lowest BCUT2D eigenvalue weighted by molar-refractivity contribution is -0.132. The molecule has 1 aliphatic heterocycles. The molecule has 0 fully saturated rings. The lowest BCUT2D eigenvalue weighted by Gasteiger charge is -2.21. The first-order chi connectivity index (χ1) is 16.2. The van der Waals surface area contributed by atoms with Gasteiger partial charge in [0.1, 0.15) is 5.75 Å². The SMILES string of the molecule is CCC(=O)N1N=C(c2ccsc2)C[C@H]1c1cn(-c2ccccc2)nc1-c1cccc(OC)c1. The second-order valence-corrected chi connectivity index (χ2v) is 8.60. The van der Waals surface area contributed by atoms with Crippen molar-refractivity contribution in [2.24, 2.45) is 5.10 Å². The second-order valence-electron chi connectivity index (χ2n) is 7.82. The minimum Gasteiger partial charge on any atom is -0.497 e. The van der Waals surface area contributed by atoms with Gasteiger partial charge in [-0.25, -0.2) is 9.69 Å². The predicted octanol–water partition coefficient (Wildman–Crippen LogP) is 5.70. The van der Waals surface area contributed by atoms with E-state index in [4.69, 9.17) is 14.9 Å². The number of thiophene rings is 1.